The van der Waals surface area contributed by atoms with Crippen LogP contribution in [0, 0.1) is 12.7 Å². The van der Waals surface area contributed by atoms with Crippen molar-refractivity contribution < 1.29 is 9.13 Å². The predicted molar refractivity (Wildman–Crippen MR) is 72.8 cm³/mol. The molecule has 0 saturated carbocycles. The van der Waals surface area contributed by atoms with Crippen molar-refractivity contribution in [2.24, 2.45) is 0 Å². The fraction of sp³-hybridized carbons (Fsp3) is 0.267. The van der Waals surface area contributed by atoms with Crippen LogP contribution in [0.25, 0.3) is 0 Å². The number of ether oxygens (including phenoxy) is 1. The van der Waals surface area contributed by atoms with Gasteiger partial charge in [0.15, 0.2) is 11.6 Å². The fourth-order valence-electron chi connectivity index (χ4n) is 2.17. The zero-order valence-corrected chi connectivity index (χ0v) is 11.3. The Morgan fingerprint density at radius 3 is 2.68 bits per heavy atom. The second kappa shape index (κ2) is 5.80. The van der Waals surface area contributed by atoms with Gasteiger partial charge in [0.25, 0.3) is 0 Å². The van der Waals surface area contributed by atoms with Crippen molar-refractivity contribution in [3.8, 4) is 5.75 Å². The van der Waals surface area contributed by atoms with Gasteiger partial charge in [0.05, 0.1) is 13.2 Å². The Balaban J connectivity index is 2.43. The Bertz CT molecular complexity index is 572. The zero-order valence-electron chi connectivity index (χ0n) is 11.3. The molecule has 0 spiro atoms. The Hall–Kier alpha value is -1.94. The molecular formula is C15H17FN2O. The molecule has 1 aromatic heterocycles. The lowest BCUT2D eigenvalue weighted by atomic mass is 9.97. The van der Waals surface area contributed by atoms with E-state index in [0.29, 0.717) is 0 Å². The smallest absolute Gasteiger partial charge is 0.165 e. The standard InChI is InChI=1S/C15H17FN2O/c1-10-12(5-4-8-18-10)15(17-2)11-6-7-14(19-3)13(16)9-11/h4-9,15,17H,1-3H3. The molecule has 0 aliphatic heterocycles. The van der Waals surface area contributed by atoms with E-state index in [1.807, 2.05) is 32.2 Å². The third-order valence-corrected chi connectivity index (χ3v) is 3.16. The molecule has 3 nitrogen and oxygen atoms in total. The highest BCUT2D eigenvalue weighted by Gasteiger charge is 2.16. The number of nitrogens with zero attached hydrogens (tertiary/aromatic N) is 1. The van der Waals surface area contributed by atoms with Crippen LogP contribution in [0.5, 0.6) is 5.75 Å². The van der Waals surface area contributed by atoms with Crippen LogP contribution in [-0.2, 0) is 0 Å². The fourth-order valence-corrected chi connectivity index (χ4v) is 2.17. The van der Waals surface area contributed by atoms with Crippen LogP contribution in [0.1, 0.15) is 22.9 Å². The minimum Gasteiger partial charge on any atom is -0.494 e. The lowest BCUT2D eigenvalue weighted by Gasteiger charge is -2.19. The van der Waals surface area contributed by atoms with E-state index >= 15 is 0 Å². The summed E-state index contributed by atoms with van der Waals surface area (Å²) in [4.78, 5) is 4.27. The molecule has 1 unspecified atom stereocenters. The molecular weight excluding hydrogens is 243 g/mol. The second-order valence-electron chi connectivity index (χ2n) is 4.29. The molecule has 19 heavy (non-hydrogen) atoms. The van der Waals surface area contributed by atoms with Gasteiger partial charge < -0.3 is 10.1 Å². The Morgan fingerprint density at radius 1 is 1.32 bits per heavy atom. The molecule has 1 N–H and O–H groups in total. The summed E-state index contributed by atoms with van der Waals surface area (Å²) in [5.41, 5.74) is 2.81. The highest BCUT2D eigenvalue weighted by atomic mass is 19.1. The van der Waals surface area contributed by atoms with Crippen LogP contribution in [0.15, 0.2) is 36.5 Å². The Kier molecular flexibility index (Phi) is 4.12. The number of aryl methyl sites for hydroxylation is 1. The number of methoxy groups -OCH3 is 1. The normalized spacial score (nSPS) is 12.2. The molecule has 1 heterocycles. The predicted octanol–water partition coefficient (Wildman–Crippen LogP) is 2.85. The minimum atomic E-state index is -0.359. The number of rotatable bonds is 4. The lowest BCUT2D eigenvalue weighted by molar-refractivity contribution is 0.386. The highest BCUT2D eigenvalue weighted by Crippen LogP contribution is 2.27. The molecule has 0 amide bonds. The van der Waals surface area contributed by atoms with Crippen molar-refractivity contribution in [1.29, 1.82) is 0 Å². The van der Waals surface area contributed by atoms with Crippen LogP contribution >= 0.6 is 0 Å². The lowest BCUT2D eigenvalue weighted by Crippen LogP contribution is -2.19. The van der Waals surface area contributed by atoms with Gasteiger partial charge in [-0.25, -0.2) is 4.39 Å². The van der Waals surface area contributed by atoms with Crippen molar-refractivity contribution in [1.82, 2.24) is 10.3 Å². The van der Waals surface area contributed by atoms with Crippen molar-refractivity contribution in [3.63, 3.8) is 0 Å². The van der Waals surface area contributed by atoms with E-state index in [4.69, 9.17) is 4.74 Å². The highest BCUT2D eigenvalue weighted by molar-refractivity contribution is 5.37. The van der Waals surface area contributed by atoms with Gasteiger partial charge in [-0.05, 0) is 43.3 Å². The molecule has 0 saturated heterocycles. The summed E-state index contributed by atoms with van der Waals surface area (Å²) in [5, 5.41) is 3.19. The van der Waals surface area contributed by atoms with Gasteiger partial charge in [0, 0.05) is 11.9 Å². The van der Waals surface area contributed by atoms with Gasteiger partial charge >= 0.3 is 0 Å². The first-order valence-corrected chi connectivity index (χ1v) is 6.09. The average Bonchev–Trinajstić information content (AvgIpc) is 2.42. The number of nitrogens with one attached hydrogen (secondary N) is 1. The first-order valence-electron chi connectivity index (χ1n) is 6.09. The maximum Gasteiger partial charge on any atom is 0.165 e. The topological polar surface area (TPSA) is 34.1 Å². The zero-order chi connectivity index (χ0) is 13.8. The number of pyridine rings is 1. The van der Waals surface area contributed by atoms with Gasteiger partial charge in [0.1, 0.15) is 0 Å². The first kappa shape index (κ1) is 13.5. The molecule has 0 fully saturated rings. The molecule has 100 valence electrons. The average molecular weight is 260 g/mol. The molecule has 0 aliphatic rings. The van der Waals surface area contributed by atoms with Crippen molar-refractivity contribution in [2.75, 3.05) is 14.2 Å². The second-order valence-corrected chi connectivity index (χ2v) is 4.29. The molecule has 2 aromatic rings. The molecule has 1 atom stereocenters. The van der Waals surface area contributed by atoms with E-state index in [9.17, 15) is 4.39 Å². The van der Waals surface area contributed by atoms with E-state index in [0.717, 1.165) is 16.8 Å². The maximum atomic E-state index is 13.8. The number of aromatic nitrogens is 1. The Labute approximate surface area is 112 Å². The summed E-state index contributed by atoms with van der Waals surface area (Å²) in [6.07, 6.45) is 1.75. The molecule has 0 aliphatic carbocycles. The van der Waals surface area contributed by atoms with Gasteiger partial charge in [0.2, 0.25) is 0 Å². The van der Waals surface area contributed by atoms with Gasteiger partial charge in [-0.2, -0.15) is 0 Å². The minimum absolute atomic E-state index is 0.0888. The van der Waals surface area contributed by atoms with Crippen LogP contribution < -0.4 is 10.1 Å². The number of hydrogen-bond donors (Lipinski definition) is 1. The van der Waals surface area contributed by atoms with Crippen LogP contribution in [0.4, 0.5) is 4.39 Å². The quantitative estimate of drug-likeness (QED) is 0.918. The largest absolute Gasteiger partial charge is 0.494 e. The van der Waals surface area contributed by atoms with Crippen molar-refractivity contribution in [3.05, 3.63) is 59.2 Å². The summed E-state index contributed by atoms with van der Waals surface area (Å²) in [6, 6.07) is 8.77. The van der Waals surface area contributed by atoms with Crippen LogP contribution in [-0.4, -0.2) is 19.1 Å². The first-order chi connectivity index (χ1) is 9.17. The van der Waals surface area contributed by atoms with E-state index in [1.54, 1.807) is 12.3 Å². The van der Waals surface area contributed by atoms with Crippen LogP contribution in [0.3, 0.4) is 0 Å². The molecule has 1 aromatic carbocycles. The molecule has 4 heteroatoms. The molecule has 2 rings (SSSR count). The molecule has 0 bridgehead atoms. The van der Waals surface area contributed by atoms with E-state index in [2.05, 4.69) is 10.3 Å². The summed E-state index contributed by atoms with van der Waals surface area (Å²) in [5.74, 6) is -0.108. The summed E-state index contributed by atoms with van der Waals surface area (Å²) < 4.78 is 18.7. The summed E-state index contributed by atoms with van der Waals surface area (Å²) >= 11 is 0. The van der Waals surface area contributed by atoms with Crippen molar-refractivity contribution in [2.45, 2.75) is 13.0 Å². The van der Waals surface area contributed by atoms with Gasteiger partial charge in [-0.15, -0.1) is 0 Å². The van der Waals surface area contributed by atoms with Gasteiger partial charge in [-0.3, -0.25) is 4.98 Å². The third-order valence-electron chi connectivity index (χ3n) is 3.16. The van der Waals surface area contributed by atoms with Crippen LogP contribution in [0.2, 0.25) is 0 Å². The number of halogens is 1. The van der Waals surface area contributed by atoms with Crippen molar-refractivity contribution >= 4 is 0 Å². The number of benzene rings is 1. The number of hydrogen-bond acceptors (Lipinski definition) is 3. The van der Waals surface area contributed by atoms with Gasteiger partial charge in [-0.1, -0.05) is 12.1 Å². The van der Waals surface area contributed by atoms with E-state index in [-0.39, 0.29) is 17.6 Å². The summed E-state index contributed by atoms with van der Waals surface area (Å²) in [6.45, 7) is 1.94. The van der Waals surface area contributed by atoms with E-state index < -0.39 is 0 Å². The van der Waals surface area contributed by atoms with E-state index in [1.165, 1.54) is 13.2 Å². The monoisotopic (exact) mass is 260 g/mol. The maximum absolute atomic E-state index is 13.8. The SMILES string of the molecule is CNC(c1ccc(OC)c(F)c1)c1cccnc1C. The summed E-state index contributed by atoms with van der Waals surface area (Å²) in [7, 11) is 3.30. The third kappa shape index (κ3) is 2.74. The Morgan fingerprint density at radius 2 is 2.11 bits per heavy atom. The molecule has 0 radical (unpaired) electrons.